The molecule has 0 aromatic heterocycles. The lowest BCUT2D eigenvalue weighted by molar-refractivity contribution is 0.0860. The molecule has 2 nitrogen and oxygen atoms in total. The Morgan fingerprint density at radius 3 is 2.28 bits per heavy atom. The van der Waals surface area contributed by atoms with Gasteiger partial charge in [0.2, 0.25) is 0 Å². The topological polar surface area (TPSA) is 6.48 Å². The predicted octanol–water partition coefficient (Wildman–Crippen LogP) is 2.94. The average Bonchev–Trinajstić information content (AvgIpc) is 2.33. The zero-order valence-electron chi connectivity index (χ0n) is 12.9. The van der Waals surface area contributed by atoms with Crippen molar-refractivity contribution in [1.29, 1.82) is 0 Å². The average molecular weight is 252 g/mol. The standard InChI is InChI=1S/C16H32N2/c1-13(2)15-6-9-18(10-7-15)12-16-5-8-17(4)11-14(16)3/h13-16H,5-12H2,1-4H3/t14-,16-/m0/s1. The molecule has 2 heterocycles. The van der Waals surface area contributed by atoms with Crippen LogP contribution < -0.4 is 0 Å². The Morgan fingerprint density at radius 2 is 1.72 bits per heavy atom. The number of nitrogens with zero attached hydrogens (tertiary/aromatic N) is 2. The highest BCUT2D eigenvalue weighted by molar-refractivity contribution is 4.81. The van der Waals surface area contributed by atoms with Crippen LogP contribution in [0.1, 0.15) is 40.0 Å². The van der Waals surface area contributed by atoms with E-state index in [4.69, 9.17) is 0 Å². The minimum absolute atomic E-state index is 0.881. The van der Waals surface area contributed by atoms with Crippen molar-refractivity contribution < 1.29 is 0 Å². The van der Waals surface area contributed by atoms with E-state index in [1.165, 1.54) is 52.0 Å². The molecule has 2 heteroatoms. The first-order valence-electron chi connectivity index (χ1n) is 7.97. The molecule has 106 valence electrons. The Balaban J connectivity index is 1.74. The second-order valence-electron chi connectivity index (χ2n) is 7.17. The summed E-state index contributed by atoms with van der Waals surface area (Å²) in [6.45, 7) is 13.9. The van der Waals surface area contributed by atoms with Crippen LogP contribution in [0.15, 0.2) is 0 Å². The van der Waals surface area contributed by atoms with Gasteiger partial charge in [-0.15, -0.1) is 0 Å². The van der Waals surface area contributed by atoms with Crippen molar-refractivity contribution in [2.24, 2.45) is 23.7 Å². The molecule has 0 N–H and O–H groups in total. The molecular formula is C16H32N2. The maximum atomic E-state index is 2.74. The lowest BCUT2D eigenvalue weighted by atomic mass is 9.84. The lowest BCUT2D eigenvalue weighted by Crippen LogP contribution is -2.44. The minimum Gasteiger partial charge on any atom is -0.306 e. The van der Waals surface area contributed by atoms with E-state index in [-0.39, 0.29) is 0 Å². The molecule has 0 aromatic rings. The quantitative estimate of drug-likeness (QED) is 0.762. The third-order valence-corrected chi connectivity index (χ3v) is 5.35. The summed E-state index contributed by atoms with van der Waals surface area (Å²) in [6.07, 6.45) is 4.26. The van der Waals surface area contributed by atoms with Crippen LogP contribution in [-0.4, -0.2) is 49.6 Å². The third-order valence-electron chi connectivity index (χ3n) is 5.35. The molecule has 2 aliphatic heterocycles. The fourth-order valence-corrected chi connectivity index (χ4v) is 3.81. The first-order chi connectivity index (χ1) is 8.56. The van der Waals surface area contributed by atoms with Gasteiger partial charge in [0, 0.05) is 13.1 Å². The fraction of sp³-hybridized carbons (Fsp3) is 1.00. The first-order valence-corrected chi connectivity index (χ1v) is 7.97. The number of hydrogen-bond acceptors (Lipinski definition) is 2. The first kappa shape index (κ1) is 14.3. The molecule has 2 rings (SSSR count). The van der Waals surface area contributed by atoms with Crippen LogP contribution in [0.4, 0.5) is 0 Å². The fourth-order valence-electron chi connectivity index (χ4n) is 3.81. The largest absolute Gasteiger partial charge is 0.306 e. The minimum atomic E-state index is 0.881. The summed E-state index contributed by atoms with van der Waals surface area (Å²) in [5.41, 5.74) is 0. The lowest BCUT2D eigenvalue weighted by Gasteiger charge is -2.40. The number of hydrogen-bond donors (Lipinski definition) is 0. The molecule has 0 bridgehead atoms. The monoisotopic (exact) mass is 252 g/mol. The van der Waals surface area contributed by atoms with E-state index in [1.54, 1.807) is 0 Å². The van der Waals surface area contributed by atoms with Gasteiger partial charge in [-0.05, 0) is 69.6 Å². The Kier molecular flexibility index (Phi) is 5.08. The van der Waals surface area contributed by atoms with Gasteiger partial charge in [-0.25, -0.2) is 0 Å². The zero-order chi connectivity index (χ0) is 13.1. The summed E-state index contributed by atoms with van der Waals surface area (Å²) in [5, 5.41) is 0. The van der Waals surface area contributed by atoms with Crippen molar-refractivity contribution in [2.75, 3.05) is 39.8 Å². The van der Waals surface area contributed by atoms with Crippen molar-refractivity contribution in [1.82, 2.24) is 9.80 Å². The molecule has 0 aromatic carbocycles. The second-order valence-corrected chi connectivity index (χ2v) is 7.17. The predicted molar refractivity (Wildman–Crippen MR) is 78.8 cm³/mol. The van der Waals surface area contributed by atoms with Gasteiger partial charge in [0.05, 0.1) is 0 Å². The van der Waals surface area contributed by atoms with Gasteiger partial charge in [0.1, 0.15) is 0 Å². The Labute approximate surface area is 114 Å². The van der Waals surface area contributed by atoms with Crippen LogP contribution in [0, 0.1) is 23.7 Å². The molecule has 2 atom stereocenters. The molecule has 0 amide bonds. The zero-order valence-corrected chi connectivity index (χ0v) is 12.9. The molecule has 0 aliphatic carbocycles. The number of likely N-dealkylation sites (tertiary alicyclic amines) is 2. The smallest absolute Gasteiger partial charge is 0.00132 e. The SMILES string of the molecule is CC(C)C1CCN(C[C@@H]2CCN(C)C[C@@H]2C)CC1. The maximum absolute atomic E-state index is 2.74. The summed E-state index contributed by atoms with van der Waals surface area (Å²) in [4.78, 5) is 5.23. The summed E-state index contributed by atoms with van der Waals surface area (Å²) in [7, 11) is 2.26. The highest BCUT2D eigenvalue weighted by Crippen LogP contribution is 2.28. The highest BCUT2D eigenvalue weighted by Gasteiger charge is 2.28. The van der Waals surface area contributed by atoms with Crippen LogP contribution >= 0.6 is 0 Å². The normalized spacial score (nSPS) is 33.2. The van der Waals surface area contributed by atoms with E-state index >= 15 is 0 Å². The van der Waals surface area contributed by atoms with E-state index in [9.17, 15) is 0 Å². The van der Waals surface area contributed by atoms with E-state index < -0.39 is 0 Å². The van der Waals surface area contributed by atoms with Gasteiger partial charge in [0.15, 0.2) is 0 Å². The van der Waals surface area contributed by atoms with E-state index in [0.29, 0.717) is 0 Å². The summed E-state index contributed by atoms with van der Waals surface area (Å²) in [5.74, 6) is 3.69. The third kappa shape index (κ3) is 3.71. The van der Waals surface area contributed by atoms with Crippen molar-refractivity contribution in [3.8, 4) is 0 Å². The molecular weight excluding hydrogens is 220 g/mol. The van der Waals surface area contributed by atoms with Gasteiger partial charge in [-0.3, -0.25) is 0 Å². The molecule has 2 saturated heterocycles. The summed E-state index contributed by atoms with van der Waals surface area (Å²) in [6, 6.07) is 0. The van der Waals surface area contributed by atoms with Crippen molar-refractivity contribution in [3.05, 3.63) is 0 Å². The Morgan fingerprint density at radius 1 is 1.06 bits per heavy atom. The molecule has 2 aliphatic rings. The molecule has 0 spiro atoms. The van der Waals surface area contributed by atoms with Crippen LogP contribution in [0.25, 0.3) is 0 Å². The van der Waals surface area contributed by atoms with Gasteiger partial charge in [-0.2, -0.15) is 0 Å². The van der Waals surface area contributed by atoms with E-state index in [1.807, 2.05) is 0 Å². The van der Waals surface area contributed by atoms with Gasteiger partial charge in [0.25, 0.3) is 0 Å². The summed E-state index contributed by atoms with van der Waals surface area (Å²) >= 11 is 0. The van der Waals surface area contributed by atoms with Crippen molar-refractivity contribution in [2.45, 2.75) is 40.0 Å². The van der Waals surface area contributed by atoms with Crippen LogP contribution in [0.3, 0.4) is 0 Å². The van der Waals surface area contributed by atoms with Crippen LogP contribution in [-0.2, 0) is 0 Å². The highest BCUT2D eigenvalue weighted by atomic mass is 15.1. The van der Waals surface area contributed by atoms with Crippen LogP contribution in [0.2, 0.25) is 0 Å². The molecule has 0 unspecified atom stereocenters. The van der Waals surface area contributed by atoms with E-state index in [0.717, 1.165) is 23.7 Å². The van der Waals surface area contributed by atoms with Gasteiger partial charge >= 0.3 is 0 Å². The van der Waals surface area contributed by atoms with E-state index in [2.05, 4.69) is 37.6 Å². The number of rotatable bonds is 3. The molecule has 0 saturated carbocycles. The molecule has 18 heavy (non-hydrogen) atoms. The Bertz CT molecular complexity index is 243. The Hall–Kier alpha value is -0.0800. The van der Waals surface area contributed by atoms with Gasteiger partial charge < -0.3 is 9.80 Å². The molecule has 0 radical (unpaired) electrons. The van der Waals surface area contributed by atoms with Crippen molar-refractivity contribution >= 4 is 0 Å². The second kappa shape index (κ2) is 6.38. The maximum Gasteiger partial charge on any atom is 0.00132 e. The van der Waals surface area contributed by atoms with Crippen LogP contribution in [0.5, 0.6) is 0 Å². The number of piperidine rings is 2. The molecule has 2 fully saturated rings. The van der Waals surface area contributed by atoms with Crippen molar-refractivity contribution in [3.63, 3.8) is 0 Å². The summed E-state index contributed by atoms with van der Waals surface area (Å²) < 4.78 is 0. The van der Waals surface area contributed by atoms with Gasteiger partial charge in [-0.1, -0.05) is 20.8 Å².